The summed E-state index contributed by atoms with van der Waals surface area (Å²) >= 11 is 7.33. The molecule has 9 heteroatoms. The molecule has 2 heterocycles. The second-order valence-electron chi connectivity index (χ2n) is 7.81. The Morgan fingerprint density at radius 3 is 2.68 bits per heavy atom. The Bertz CT molecular complexity index is 999. The van der Waals surface area contributed by atoms with E-state index in [0.717, 1.165) is 42.5 Å². The molecule has 2 amide bonds. The van der Waals surface area contributed by atoms with Crippen LogP contribution in [0.3, 0.4) is 0 Å². The maximum Gasteiger partial charge on any atom is 0.238 e. The van der Waals surface area contributed by atoms with Crippen LogP contribution in [0.25, 0.3) is 0 Å². The first-order valence-electron chi connectivity index (χ1n) is 10.1. The Morgan fingerprint density at radius 1 is 1.16 bits per heavy atom. The van der Waals surface area contributed by atoms with Crippen LogP contribution < -0.4 is 10.6 Å². The monoisotopic (exact) mass is 465 g/mol. The van der Waals surface area contributed by atoms with E-state index in [1.54, 1.807) is 18.2 Å². The number of amides is 2. The fraction of sp³-hybridized carbons (Fsp3) is 0.364. The molecule has 2 aliphatic heterocycles. The van der Waals surface area contributed by atoms with Gasteiger partial charge in [0.15, 0.2) is 11.6 Å². The summed E-state index contributed by atoms with van der Waals surface area (Å²) in [6, 6.07) is 9.30. The molecule has 2 aromatic rings. The number of hydrogen-bond donors (Lipinski definition) is 2. The summed E-state index contributed by atoms with van der Waals surface area (Å²) in [5, 5.41) is 5.91. The van der Waals surface area contributed by atoms with Gasteiger partial charge in [0, 0.05) is 42.0 Å². The highest BCUT2D eigenvalue weighted by atomic mass is 35.5. The molecule has 0 radical (unpaired) electrons. The SMILES string of the molecule is O=C(CC1Sc2ccc(Cl)cc2NC1=O)NC1CCN(Cc2ccc(F)c(F)c2)CC1. The fourth-order valence-electron chi connectivity index (χ4n) is 3.84. The van der Waals surface area contributed by atoms with E-state index in [1.807, 2.05) is 6.07 Å². The van der Waals surface area contributed by atoms with Gasteiger partial charge in [-0.2, -0.15) is 0 Å². The maximum atomic E-state index is 13.4. The summed E-state index contributed by atoms with van der Waals surface area (Å²) in [4.78, 5) is 27.9. The number of halogens is 3. The van der Waals surface area contributed by atoms with Gasteiger partial charge in [0.2, 0.25) is 11.8 Å². The Morgan fingerprint density at radius 2 is 1.94 bits per heavy atom. The molecule has 1 saturated heterocycles. The van der Waals surface area contributed by atoms with E-state index in [1.165, 1.54) is 17.8 Å². The minimum atomic E-state index is -0.845. The summed E-state index contributed by atoms with van der Waals surface area (Å²) in [5.41, 5.74) is 1.40. The van der Waals surface area contributed by atoms with E-state index in [9.17, 15) is 18.4 Å². The van der Waals surface area contributed by atoms with Crippen LogP contribution in [0.5, 0.6) is 0 Å². The molecule has 0 aromatic heterocycles. The van der Waals surface area contributed by atoms with Crippen molar-refractivity contribution in [2.24, 2.45) is 0 Å². The standard InChI is InChI=1S/C22H22ClF2N3O2S/c23-14-2-4-19-18(10-14)27-22(30)20(31-19)11-21(29)26-15-5-7-28(8-6-15)12-13-1-3-16(24)17(25)9-13/h1-4,9-10,15,20H,5-8,11-12H2,(H,26,29)(H,27,30). The Labute approximate surface area is 188 Å². The number of nitrogens with one attached hydrogen (secondary N) is 2. The van der Waals surface area contributed by atoms with Gasteiger partial charge in [-0.15, -0.1) is 11.8 Å². The number of rotatable bonds is 5. The summed E-state index contributed by atoms with van der Waals surface area (Å²) < 4.78 is 26.5. The lowest BCUT2D eigenvalue weighted by molar-refractivity contribution is -0.124. The quantitative estimate of drug-likeness (QED) is 0.694. The van der Waals surface area contributed by atoms with Crippen molar-refractivity contribution in [2.75, 3.05) is 18.4 Å². The number of carbonyl (C=O) groups excluding carboxylic acids is 2. The van der Waals surface area contributed by atoms with E-state index in [-0.39, 0.29) is 24.3 Å². The van der Waals surface area contributed by atoms with Gasteiger partial charge < -0.3 is 10.6 Å². The van der Waals surface area contributed by atoms with Gasteiger partial charge in [-0.25, -0.2) is 8.78 Å². The Kier molecular flexibility index (Phi) is 6.79. The van der Waals surface area contributed by atoms with Crippen molar-refractivity contribution in [1.82, 2.24) is 10.2 Å². The zero-order valence-corrected chi connectivity index (χ0v) is 18.2. The van der Waals surface area contributed by atoms with Crippen molar-refractivity contribution in [3.63, 3.8) is 0 Å². The van der Waals surface area contributed by atoms with Crippen molar-refractivity contribution in [1.29, 1.82) is 0 Å². The van der Waals surface area contributed by atoms with Crippen molar-refractivity contribution >= 4 is 40.9 Å². The first kappa shape index (κ1) is 22.0. The maximum absolute atomic E-state index is 13.4. The van der Waals surface area contributed by atoms with Gasteiger partial charge in [0.1, 0.15) is 0 Å². The molecule has 4 rings (SSSR count). The number of benzene rings is 2. The molecule has 1 atom stereocenters. The predicted molar refractivity (Wildman–Crippen MR) is 117 cm³/mol. The van der Waals surface area contributed by atoms with Crippen molar-refractivity contribution in [2.45, 2.75) is 42.0 Å². The second-order valence-corrected chi connectivity index (χ2v) is 9.49. The number of hydrogen-bond acceptors (Lipinski definition) is 4. The van der Waals surface area contributed by atoms with Crippen molar-refractivity contribution < 1.29 is 18.4 Å². The lowest BCUT2D eigenvalue weighted by Crippen LogP contribution is -2.45. The lowest BCUT2D eigenvalue weighted by atomic mass is 10.0. The summed E-state index contributed by atoms with van der Waals surface area (Å²) in [5.74, 6) is -2.03. The average molecular weight is 466 g/mol. The first-order valence-corrected chi connectivity index (χ1v) is 11.4. The first-order chi connectivity index (χ1) is 14.9. The molecule has 0 bridgehead atoms. The molecule has 1 fully saturated rings. The van der Waals surface area contributed by atoms with Gasteiger partial charge in [-0.1, -0.05) is 17.7 Å². The molecule has 0 saturated carbocycles. The molecular formula is C22H22ClF2N3O2S. The largest absolute Gasteiger partial charge is 0.353 e. The third kappa shape index (κ3) is 5.56. The van der Waals surface area contributed by atoms with E-state index < -0.39 is 16.9 Å². The van der Waals surface area contributed by atoms with Crippen LogP contribution in [0, 0.1) is 11.6 Å². The molecular weight excluding hydrogens is 444 g/mol. The highest BCUT2D eigenvalue weighted by Gasteiger charge is 2.30. The van der Waals surface area contributed by atoms with E-state index >= 15 is 0 Å². The fourth-order valence-corrected chi connectivity index (χ4v) is 5.11. The van der Waals surface area contributed by atoms with Crippen LogP contribution in [0.1, 0.15) is 24.8 Å². The zero-order chi connectivity index (χ0) is 22.0. The van der Waals surface area contributed by atoms with Crippen LogP contribution >= 0.6 is 23.4 Å². The van der Waals surface area contributed by atoms with Gasteiger partial charge in [0.25, 0.3) is 0 Å². The van der Waals surface area contributed by atoms with E-state index in [2.05, 4.69) is 15.5 Å². The number of nitrogens with zero attached hydrogens (tertiary/aromatic N) is 1. The minimum Gasteiger partial charge on any atom is -0.353 e. The lowest BCUT2D eigenvalue weighted by Gasteiger charge is -2.32. The number of thioether (sulfide) groups is 1. The average Bonchev–Trinajstić information content (AvgIpc) is 2.73. The van der Waals surface area contributed by atoms with Gasteiger partial charge in [-0.05, 0) is 48.7 Å². The molecule has 31 heavy (non-hydrogen) atoms. The van der Waals surface area contributed by atoms with Crippen molar-refractivity contribution in [3.8, 4) is 0 Å². The van der Waals surface area contributed by atoms with Crippen LogP contribution in [-0.4, -0.2) is 41.1 Å². The smallest absolute Gasteiger partial charge is 0.238 e. The van der Waals surface area contributed by atoms with Crippen LogP contribution in [0.15, 0.2) is 41.3 Å². The normalized spacial score (nSPS) is 19.6. The third-order valence-corrected chi connectivity index (χ3v) is 6.99. The van der Waals surface area contributed by atoms with Crippen LogP contribution in [0.4, 0.5) is 14.5 Å². The summed E-state index contributed by atoms with van der Waals surface area (Å²) in [6.45, 7) is 2.04. The van der Waals surface area contributed by atoms with E-state index in [4.69, 9.17) is 11.6 Å². The van der Waals surface area contributed by atoms with Crippen LogP contribution in [-0.2, 0) is 16.1 Å². The van der Waals surface area contributed by atoms with Crippen LogP contribution in [0.2, 0.25) is 5.02 Å². The molecule has 0 spiro atoms. The number of carbonyl (C=O) groups is 2. The summed E-state index contributed by atoms with van der Waals surface area (Å²) in [7, 11) is 0. The molecule has 5 nitrogen and oxygen atoms in total. The van der Waals surface area contributed by atoms with E-state index in [0.29, 0.717) is 17.3 Å². The number of likely N-dealkylation sites (tertiary alicyclic amines) is 1. The molecule has 2 aromatic carbocycles. The topological polar surface area (TPSA) is 61.4 Å². The molecule has 1 unspecified atom stereocenters. The third-order valence-electron chi connectivity index (χ3n) is 5.47. The highest BCUT2D eigenvalue weighted by molar-refractivity contribution is 8.01. The highest BCUT2D eigenvalue weighted by Crippen LogP contribution is 2.38. The van der Waals surface area contributed by atoms with Gasteiger partial charge >= 0.3 is 0 Å². The van der Waals surface area contributed by atoms with Gasteiger partial charge in [0.05, 0.1) is 10.9 Å². The van der Waals surface area contributed by atoms with Gasteiger partial charge in [-0.3, -0.25) is 14.5 Å². The zero-order valence-electron chi connectivity index (χ0n) is 16.7. The molecule has 0 aliphatic carbocycles. The van der Waals surface area contributed by atoms with Crippen molar-refractivity contribution in [3.05, 3.63) is 58.6 Å². The minimum absolute atomic E-state index is 0.0384. The Balaban J connectivity index is 1.24. The number of anilines is 1. The molecule has 164 valence electrons. The predicted octanol–water partition coefficient (Wildman–Crippen LogP) is 4.20. The number of fused-ring (bicyclic) bond motifs is 1. The summed E-state index contributed by atoms with van der Waals surface area (Å²) in [6.07, 6.45) is 1.63. The number of piperidine rings is 1. The second kappa shape index (κ2) is 9.54. The Hall–Kier alpha value is -2.16. The molecule has 2 N–H and O–H groups in total. The molecule has 2 aliphatic rings.